The molecule has 0 amide bonds. The molecule has 0 saturated carbocycles. The van der Waals surface area contributed by atoms with E-state index in [2.05, 4.69) is 0 Å². The van der Waals surface area contributed by atoms with Crippen LogP contribution in [0, 0.1) is 17.0 Å². The van der Waals surface area contributed by atoms with Gasteiger partial charge in [-0.1, -0.05) is 24.3 Å². The number of nitro groups is 1. The van der Waals surface area contributed by atoms with Crippen LogP contribution in [0.15, 0.2) is 24.3 Å². The maximum Gasteiger partial charge on any atom is 0.239 e. The maximum atomic E-state index is 10.5. The minimum Gasteiger partial charge on any atom is -0.381 e. The Morgan fingerprint density at radius 1 is 1.43 bits per heavy atom. The molecule has 0 radical (unpaired) electrons. The Kier molecular flexibility index (Phi) is 3.19. The van der Waals surface area contributed by atoms with Crippen molar-refractivity contribution in [3.63, 3.8) is 0 Å². The molecule has 0 bridgehead atoms. The summed E-state index contributed by atoms with van der Waals surface area (Å²) in [5.74, 6) is 0. The molecule has 1 N–H and O–H groups in total. The van der Waals surface area contributed by atoms with Crippen molar-refractivity contribution >= 4 is 0 Å². The van der Waals surface area contributed by atoms with Gasteiger partial charge in [0.05, 0.1) is 0 Å². The van der Waals surface area contributed by atoms with Crippen molar-refractivity contribution in [2.75, 3.05) is 0 Å². The first kappa shape index (κ1) is 10.7. The summed E-state index contributed by atoms with van der Waals surface area (Å²) in [5.41, 5.74) is 1.49. The van der Waals surface area contributed by atoms with E-state index in [4.69, 9.17) is 0 Å². The van der Waals surface area contributed by atoms with E-state index in [1.165, 1.54) is 6.92 Å². The summed E-state index contributed by atoms with van der Waals surface area (Å²) in [6.45, 7) is 3.22. The van der Waals surface area contributed by atoms with Gasteiger partial charge in [-0.25, -0.2) is 0 Å². The van der Waals surface area contributed by atoms with E-state index < -0.39 is 17.1 Å². The Bertz CT molecular complexity index is 338. The quantitative estimate of drug-likeness (QED) is 0.589. The number of hydrogen-bond donors (Lipinski definition) is 1. The third-order valence-corrected chi connectivity index (χ3v) is 2.30. The van der Waals surface area contributed by atoms with Gasteiger partial charge < -0.3 is 5.11 Å². The van der Waals surface area contributed by atoms with Gasteiger partial charge >= 0.3 is 0 Å². The van der Waals surface area contributed by atoms with Crippen LogP contribution >= 0.6 is 0 Å². The molecule has 0 heterocycles. The SMILES string of the molecule is Cc1ccccc1[C@@H](O)[C@@H](C)[N+](=O)[O-]. The van der Waals surface area contributed by atoms with Crippen molar-refractivity contribution in [2.45, 2.75) is 26.0 Å². The van der Waals surface area contributed by atoms with Crippen LogP contribution in [0.3, 0.4) is 0 Å². The molecule has 1 rings (SSSR count). The number of benzene rings is 1. The minimum absolute atomic E-state index is 0.475. The van der Waals surface area contributed by atoms with Crippen molar-refractivity contribution in [3.05, 3.63) is 45.5 Å². The Morgan fingerprint density at radius 2 is 2.00 bits per heavy atom. The summed E-state index contributed by atoms with van der Waals surface area (Å²) in [6.07, 6.45) is -1.04. The van der Waals surface area contributed by atoms with Gasteiger partial charge in [-0.05, 0) is 18.1 Å². The zero-order valence-corrected chi connectivity index (χ0v) is 8.18. The lowest BCUT2D eigenvalue weighted by Crippen LogP contribution is -2.24. The topological polar surface area (TPSA) is 63.4 Å². The lowest BCUT2D eigenvalue weighted by molar-refractivity contribution is -0.531. The van der Waals surface area contributed by atoms with Crippen LogP contribution in [-0.4, -0.2) is 16.1 Å². The monoisotopic (exact) mass is 195 g/mol. The molecule has 76 valence electrons. The molecule has 0 unspecified atom stereocenters. The number of aryl methyl sites for hydroxylation is 1. The maximum absolute atomic E-state index is 10.5. The van der Waals surface area contributed by atoms with Crippen LogP contribution in [0.4, 0.5) is 0 Å². The molecule has 1 aromatic carbocycles. The molecule has 0 fully saturated rings. The summed E-state index contributed by atoms with van der Waals surface area (Å²) in [5, 5.41) is 20.2. The average Bonchev–Trinajstić information content (AvgIpc) is 2.16. The lowest BCUT2D eigenvalue weighted by Gasteiger charge is -2.14. The molecule has 4 heteroatoms. The summed E-state index contributed by atoms with van der Waals surface area (Å²) in [7, 11) is 0. The van der Waals surface area contributed by atoms with Gasteiger partial charge in [-0.15, -0.1) is 0 Å². The first-order valence-corrected chi connectivity index (χ1v) is 4.41. The van der Waals surface area contributed by atoms with Gasteiger partial charge in [0.25, 0.3) is 0 Å². The Labute approximate surface area is 82.3 Å². The molecule has 4 nitrogen and oxygen atoms in total. The Morgan fingerprint density at radius 3 is 2.50 bits per heavy atom. The first-order chi connectivity index (χ1) is 6.54. The van der Waals surface area contributed by atoms with Gasteiger partial charge in [0, 0.05) is 11.8 Å². The fourth-order valence-corrected chi connectivity index (χ4v) is 1.29. The van der Waals surface area contributed by atoms with Crippen LogP contribution < -0.4 is 0 Å². The molecule has 14 heavy (non-hydrogen) atoms. The molecule has 0 spiro atoms. The highest BCUT2D eigenvalue weighted by molar-refractivity contribution is 5.28. The third-order valence-electron chi connectivity index (χ3n) is 2.30. The molecular formula is C10H13NO3. The second kappa shape index (κ2) is 4.19. The molecule has 0 aliphatic rings. The molecule has 2 atom stereocenters. The van der Waals surface area contributed by atoms with Crippen molar-refractivity contribution in [1.82, 2.24) is 0 Å². The highest BCUT2D eigenvalue weighted by Crippen LogP contribution is 2.21. The number of hydrogen-bond acceptors (Lipinski definition) is 3. The third kappa shape index (κ3) is 2.09. The van der Waals surface area contributed by atoms with Crippen LogP contribution in [0.25, 0.3) is 0 Å². The van der Waals surface area contributed by atoms with Gasteiger partial charge in [-0.2, -0.15) is 0 Å². The molecule has 0 aromatic heterocycles. The van der Waals surface area contributed by atoms with E-state index in [1.54, 1.807) is 12.1 Å². The second-order valence-electron chi connectivity index (χ2n) is 3.33. The van der Waals surface area contributed by atoms with Crippen LogP contribution in [0.5, 0.6) is 0 Å². The second-order valence-corrected chi connectivity index (χ2v) is 3.33. The normalized spacial score (nSPS) is 14.8. The predicted molar refractivity (Wildman–Crippen MR) is 52.6 cm³/mol. The van der Waals surface area contributed by atoms with Crippen molar-refractivity contribution < 1.29 is 10.0 Å². The molecule has 0 aliphatic heterocycles. The van der Waals surface area contributed by atoms with Gasteiger partial charge in [0.2, 0.25) is 6.04 Å². The summed E-state index contributed by atoms with van der Waals surface area (Å²) < 4.78 is 0. The van der Waals surface area contributed by atoms with E-state index in [1.807, 2.05) is 19.1 Å². The Hall–Kier alpha value is -1.42. The van der Waals surface area contributed by atoms with Crippen LogP contribution in [0.1, 0.15) is 24.2 Å². The summed E-state index contributed by atoms with van der Waals surface area (Å²) in [4.78, 5) is 10.00. The number of aliphatic hydroxyl groups is 1. The minimum atomic E-state index is -1.04. The highest BCUT2D eigenvalue weighted by atomic mass is 16.6. The van der Waals surface area contributed by atoms with Gasteiger partial charge in [0.1, 0.15) is 6.10 Å². The largest absolute Gasteiger partial charge is 0.381 e. The van der Waals surface area contributed by atoms with E-state index in [9.17, 15) is 15.2 Å². The fourth-order valence-electron chi connectivity index (χ4n) is 1.29. The fraction of sp³-hybridized carbons (Fsp3) is 0.400. The van der Waals surface area contributed by atoms with E-state index >= 15 is 0 Å². The highest BCUT2D eigenvalue weighted by Gasteiger charge is 2.26. The molecule has 0 aliphatic carbocycles. The van der Waals surface area contributed by atoms with E-state index in [0.29, 0.717) is 5.56 Å². The Balaban J connectivity index is 2.94. The van der Waals surface area contributed by atoms with Crippen LogP contribution in [0.2, 0.25) is 0 Å². The van der Waals surface area contributed by atoms with Crippen molar-refractivity contribution in [3.8, 4) is 0 Å². The van der Waals surface area contributed by atoms with Gasteiger partial charge in [-0.3, -0.25) is 10.1 Å². The lowest BCUT2D eigenvalue weighted by atomic mass is 9.99. The molecule has 1 aromatic rings. The average molecular weight is 195 g/mol. The van der Waals surface area contributed by atoms with Gasteiger partial charge in [0.15, 0.2) is 0 Å². The zero-order valence-electron chi connectivity index (χ0n) is 8.18. The summed E-state index contributed by atoms with van der Waals surface area (Å²) >= 11 is 0. The zero-order chi connectivity index (χ0) is 10.7. The van der Waals surface area contributed by atoms with Crippen LogP contribution in [-0.2, 0) is 0 Å². The first-order valence-electron chi connectivity index (χ1n) is 4.41. The van der Waals surface area contributed by atoms with Crippen molar-refractivity contribution in [2.24, 2.45) is 0 Å². The van der Waals surface area contributed by atoms with E-state index in [-0.39, 0.29) is 0 Å². The van der Waals surface area contributed by atoms with E-state index in [0.717, 1.165) is 5.56 Å². The number of aliphatic hydroxyl groups excluding tert-OH is 1. The number of rotatable bonds is 3. The smallest absolute Gasteiger partial charge is 0.239 e. The standard InChI is InChI=1S/C10H13NO3/c1-7-5-3-4-6-9(7)10(12)8(2)11(13)14/h3-6,8,10,12H,1-2H3/t8-,10+/m1/s1. The molecule has 0 saturated heterocycles. The number of nitrogens with zero attached hydrogens (tertiary/aromatic N) is 1. The molecular weight excluding hydrogens is 182 g/mol. The summed E-state index contributed by atoms with van der Waals surface area (Å²) in [6, 6.07) is 6.15. The predicted octanol–water partition coefficient (Wildman–Crippen LogP) is 1.69. The van der Waals surface area contributed by atoms with Crippen molar-refractivity contribution in [1.29, 1.82) is 0 Å².